The lowest BCUT2D eigenvalue weighted by molar-refractivity contribution is -0.138. The highest BCUT2D eigenvalue weighted by Gasteiger charge is 2.03. The summed E-state index contributed by atoms with van der Waals surface area (Å²) in [6, 6.07) is 0. The summed E-state index contributed by atoms with van der Waals surface area (Å²) >= 11 is 0. The molecule has 0 amide bonds. The maximum absolute atomic E-state index is 10.5. The van der Waals surface area contributed by atoms with Gasteiger partial charge in [0.25, 0.3) is 0 Å². The van der Waals surface area contributed by atoms with Crippen LogP contribution in [0.15, 0.2) is 0 Å². The third kappa shape index (κ3) is 15.0. The molecule has 0 aliphatic rings. The molecule has 0 saturated carbocycles. The molecule has 0 aromatic heterocycles. The van der Waals surface area contributed by atoms with Gasteiger partial charge in [-0.15, -0.1) is 0 Å². The fraction of sp³-hybridized carbons (Fsp3) is 0.867. The van der Waals surface area contributed by atoms with Crippen LogP contribution in [0.4, 0.5) is 0 Å². The Bertz CT molecular complexity index is 269. The number of carboxylic acid groups (broad SMARTS) is 2. The van der Waals surface area contributed by atoms with Crippen LogP contribution >= 0.6 is 0 Å². The van der Waals surface area contributed by atoms with E-state index in [0.29, 0.717) is 6.42 Å². The molecule has 0 fully saturated rings. The van der Waals surface area contributed by atoms with Crippen LogP contribution in [0.5, 0.6) is 0 Å². The van der Waals surface area contributed by atoms with Gasteiger partial charge in [-0.25, -0.2) is 0 Å². The summed E-state index contributed by atoms with van der Waals surface area (Å²) in [5.74, 6) is -1.46. The van der Waals surface area contributed by atoms with Crippen molar-refractivity contribution in [1.82, 2.24) is 4.90 Å². The first-order valence-corrected chi connectivity index (χ1v) is 7.64. The maximum Gasteiger partial charge on any atom is 0.317 e. The second-order valence-electron chi connectivity index (χ2n) is 5.46. The largest absolute Gasteiger partial charge is 0.481 e. The summed E-state index contributed by atoms with van der Waals surface area (Å²) in [7, 11) is 1.84. The fourth-order valence-electron chi connectivity index (χ4n) is 2.21. The van der Waals surface area contributed by atoms with Crippen LogP contribution in [0.1, 0.15) is 64.2 Å². The summed E-state index contributed by atoms with van der Waals surface area (Å²) < 4.78 is 0. The average Bonchev–Trinajstić information content (AvgIpc) is 2.34. The first-order valence-electron chi connectivity index (χ1n) is 7.64. The van der Waals surface area contributed by atoms with Crippen molar-refractivity contribution >= 4 is 11.9 Å². The van der Waals surface area contributed by atoms with E-state index in [-0.39, 0.29) is 6.54 Å². The third-order valence-electron chi connectivity index (χ3n) is 3.34. The molecule has 0 aromatic rings. The lowest BCUT2D eigenvalue weighted by atomic mass is 10.1. The standard InChI is InChI=1S/C15H29NO4/c1-16(13-15(19)20)12-10-8-6-4-2-3-5-7-9-11-14(17)18/h2-13H2,1H3,(H,17,18)(H,19,20). The molecule has 0 bridgehead atoms. The zero-order valence-electron chi connectivity index (χ0n) is 12.6. The zero-order valence-corrected chi connectivity index (χ0v) is 12.6. The average molecular weight is 287 g/mol. The number of rotatable bonds is 14. The van der Waals surface area contributed by atoms with Crippen LogP contribution in [0.25, 0.3) is 0 Å². The van der Waals surface area contributed by atoms with E-state index in [1.54, 1.807) is 0 Å². The molecule has 0 spiro atoms. The van der Waals surface area contributed by atoms with Crippen LogP contribution < -0.4 is 0 Å². The molecule has 0 atom stereocenters. The molecule has 20 heavy (non-hydrogen) atoms. The van der Waals surface area contributed by atoms with Crippen LogP contribution in [0.3, 0.4) is 0 Å². The minimum Gasteiger partial charge on any atom is -0.481 e. The van der Waals surface area contributed by atoms with Gasteiger partial charge in [-0.1, -0.05) is 44.9 Å². The second kappa shape index (κ2) is 12.9. The van der Waals surface area contributed by atoms with E-state index < -0.39 is 11.9 Å². The van der Waals surface area contributed by atoms with E-state index >= 15 is 0 Å². The number of carbonyl (C=O) groups is 2. The van der Waals surface area contributed by atoms with Crippen molar-refractivity contribution < 1.29 is 19.8 Å². The molecule has 5 heteroatoms. The highest BCUT2D eigenvalue weighted by Crippen LogP contribution is 2.10. The van der Waals surface area contributed by atoms with Crippen LogP contribution in [-0.2, 0) is 9.59 Å². The van der Waals surface area contributed by atoms with Gasteiger partial charge in [-0.2, -0.15) is 0 Å². The van der Waals surface area contributed by atoms with Crippen molar-refractivity contribution in [3.05, 3.63) is 0 Å². The quantitative estimate of drug-likeness (QED) is 0.480. The predicted octanol–water partition coefficient (Wildman–Crippen LogP) is 2.99. The number of aliphatic carboxylic acids is 2. The first-order chi connectivity index (χ1) is 9.52. The molecule has 118 valence electrons. The molecule has 0 rings (SSSR count). The second-order valence-corrected chi connectivity index (χ2v) is 5.46. The van der Waals surface area contributed by atoms with E-state index in [9.17, 15) is 9.59 Å². The van der Waals surface area contributed by atoms with Crippen molar-refractivity contribution in [3.8, 4) is 0 Å². The normalized spacial score (nSPS) is 10.9. The molecule has 0 radical (unpaired) electrons. The molecule has 0 unspecified atom stereocenters. The summed E-state index contributed by atoms with van der Waals surface area (Å²) in [5.41, 5.74) is 0. The minimum atomic E-state index is -0.768. The highest BCUT2D eigenvalue weighted by molar-refractivity contribution is 5.69. The van der Waals surface area contributed by atoms with Gasteiger partial charge in [-0.05, 0) is 26.4 Å². The number of hydrogen-bond acceptors (Lipinski definition) is 3. The maximum atomic E-state index is 10.5. The molecule has 2 N–H and O–H groups in total. The Labute approximate surface area is 122 Å². The van der Waals surface area contributed by atoms with Gasteiger partial charge in [-0.3, -0.25) is 14.5 Å². The van der Waals surface area contributed by atoms with Gasteiger partial charge < -0.3 is 10.2 Å². The molecular weight excluding hydrogens is 258 g/mol. The van der Waals surface area contributed by atoms with Gasteiger partial charge in [0.1, 0.15) is 0 Å². The number of carboxylic acids is 2. The lowest BCUT2D eigenvalue weighted by Crippen LogP contribution is -2.26. The Hall–Kier alpha value is -1.10. The van der Waals surface area contributed by atoms with E-state index in [2.05, 4.69) is 0 Å². The molecule has 5 nitrogen and oxygen atoms in total. The number of hydrogen-bond donors (Lipinski definition) is 2. The third-order valence-corrected chi connectivity index (χ3v) is 3.34. The molecule has 0 aliphatic heterocycles. The Balaban J connectivity index is 3.13. The minimum absolute atomic E-state index is 0.121. The Morgan fingerprint density at radius 2 is 1.20 bits per heavy atom. The van der Waals surface area contributed by atoms with Crippen molar-refractivity contribution in [2.75, 3.05) is 20.1 Å². The number of nitrogens with zero attached hydrogens (tertiary/aromatic N) is 1. The Kier molecular flexibility index (Phi) is 12.2. The molecular formula is C15H29NO4. The van der Waals surface area contributed by atoms with Crippen molar-refractivity contribution in [2.24, 2.45) is 0 Å². The highest BCUT2D eigenvalue weighted by atomic mass is 16.4. The zero-order chi connectivity index (χ0) is 15.2. The Morgan fingerprint density at radius 3 is 1.65 bits per heavy atom. The van der Waals surface area contributed by atoms with Crippen LogP contribution in [0.2, 0.25) is 0 Å². The monoisotopic (exact) mass is 287 g/mol. The number of likely N-dealkylation sites (N-methyl/N-ethyl adjacent to an activating group) is 1. The topological polar surface area (TPSA) is 77.8 Å². The van der Waals surface area contributed by atoms with Gasteiger partial charge >= 0.3 is 11.9 Å². The molecule has 0 saturated heterocycles. The fourth-order valence-corrected chi connectivity index (χ4v) is 2.21. The molecule has 0 aromatic carbocycles. The van der Waals surface area contributed by atoms with E-state index in [0.717, 1.165) is 38.6 Å². The molecule has 0 heterocycles. The lowest BCUT2D eigenvalue weighted by Gasteiger charge is -2.13. The van der Waals surface area contributed by atoms with Gasteiger partial charge in [0, 0.05) is 6.42 Å². The van der Waals surface area contributed by atoms with Crippen molar-refractivity contribution in [3.63, 3.8) is 0 Å². The molecule has 0 aliphatic carbocycles. The van der Waals surface area contributed by atoms with E-state index in [1.807, 2.05) is 11.9 Å². The predicted molar refractivity (Wildman–Crippen MR) is 78.9 cm³/mol. The first kappa shape index (κ1) is 18.9. The Morgan fingerprint density at radius 1 is 0.750 bits per heavy atom. The van der Waals surface area contributed by atoms with Gasteiger partial charge in [0.15, 0.2) is 0 Å². The summed E-state index contributed by atoms with van der Waals surface area (Å²) in [6.07, 6.45) is 10.3. The van der Waals surface area contributed by atoms with Gasteiger partial charge in [0.05, 0.1) is 6.54 Å². The van der Waals surface area contributed by atoms with Crippen LogP contribution in [0, 0.1) is 0 Å². The van der Waals surface area contributed by atoms with Crippen LogP contribution in [-0.4, -0.2) is 47.2 Å². The van der Waals surface area contributed by atoms with Crippen molar-refractivity contribution in [1.29, 1.82) is 0 Å². The SMILES string of the molecule is CN(CCCCCCCCCCCC(=O)O)CC(=O)O. The van der Waals surface area contributed by atoms with E-state index in [4.69, 9.17) is 10.2 Å². The summed E-state index contributed by atoms with van der Waals surface area (Å²) in [5, 5.41) is 17.1. The number of unbranched alkanes of at least 4 members (excludes halogenated alkanes) is 8. The summed E-state index contributed by atoms with van der Waals surface area (Å²) in [6.45, 7) is 0.970. The summed E-state index contributed by atoms with van der Waals surface area (Å²) in [4.78, 5) is 22.6. The van der Waals surface area contributed by atoms with Gasteiger partial charge in [0.2, 0.25) is 0 Å². The smallest absolute Gasteiger partial charge is 0.317 e. The van der Waals surface area contributed by atoms with E-state index in [1.165, 1.54) is 25.7 Å². The van der Waals surface area contributed by atoms with Crippen molar-refractivity contribution in [2.45, 2.75) is 64.2 Å².